The summed E-state index contributed by atoms with van der Waals surface area (Å²) in [6.45, 7) is -1.02. The van der Waals surface area contributed by atoms with Gasteiger partial charge in [0.2, 0.25) is 5.91 Å². The van der Waals surface area contributed by atoms with E-state index in [2.05, 4.69) is 4.74 Å². The zero-order chi connectivity index (χ0) is 19.4. The first kappa shape index (κ1) is 19.4. The molecule has 0 aromatic heterocycles. The van der Waals surface area contributed by atoms with Crippen molar-refractivity contribution in [2.45, 2.75) is 32.3 Å². The van der Waals surface area contributed by atoms with Gasteiger partial charge >= 0.3 is 6.61 Å². The molecule has 0 atom stereocenters. The Morgan fingerprint density at radius 1 is 1.04 bits per heavy atom. The molecule has 0 radical (unpaired) electrons. The maximum absolute atomic E-state index is 12.7. The van der Waals surface area contributed by atoms with Crippen molar-refractivity contribution in [3.8, 4) is 11.5 Å². The molecule has 1 aromatic rings. The first-order chi connectivity index (χ1) is 13.0. The number of halogens is 2. The largest absolute Gasteiger partial charge is 0.493 e. The zero-order valence-corrected chi connectivity index (χ0v) is 15.3. The fraction of sp³-hybridized carbons (Fsp3) is 0.579. The molecular formula is C19H24F2N2O4. The second-order valence-corrected chi connectivity index (χ2v) is 6.84. The van der Waals surface area contributed by atoms with E-state index in [0.29, 0.717) is 31.7 Å². The highest BCUT2D eigenvalue weighted by molar-refractivity contribution is 5.95. The van der Waals surface area contributed by atoms with Gasteiger partial charge in [-0.1, -0.05) is 12.8 Å². The van der Waals surface area contributed by atoms with E-state index in [9.17, 15) is 18.4 Å². The summed E-state index contributed by atoms with van der Waals surface area (Å²) in [6.07, 6.45) is 4.15. The molecule has 1 aliphatic heterocycles. The molecule has 1 saturated heterocycles. The van der Waals surface area contributed by atoms with Crippen molar-refractivity contribution in [2.75, 3.05) is 33.3 Å². The number of amides is 2. The van der Waals surface area contributed by atoms with E-state index in [1.165, 1.54) is 25.3 Å². The molecule has 0 spiro atoms. The van der Waals surface area contributed by atoms with Crippen LogP contribution in [-0.4, -0.2) is 61.5 Å². The van der Waals surface area contributed by atoms with Crippen molar-refractivity contribution in [1.82, 2.24) is 9.80 Å². The lowest BCUT2D eigenvalue weighted by Crippen LogP contribution is -2.51. The van der Waals surface area contributed by atoms with E-state index in [-0.39, 0.29) is 29.2 Å². The van der Waals surface area contributed by atoms with Crippen molar-refractivity contribution >= 4 is 11.8 Å². The van der Waals surface area contributed by atoms with Crippen LogP contribution in [0.1, 0.15) is 36.0 Å². The Morgan fingerprint density at radius 3 is 2.26 bits per heavy atom. The number of ether oxygens (including phenoxy) is 2. The van der Waals surface area contributed by atoms with Crippen molar-refractivity contribution < 1.29 is 27.8 Å². The van der Waals surface area contributed by atoms with E-state index in [1.807, 2.05) is 4.90 Å². The topological polar surface area (TPSA) is 59.1 Å². The molecule has 1 heterocycles. The monoisotopic (exact) mass is 382 g/mol. The summed E-state index contributed by atoms with van der Waals surface area (Å²) in [4.78, 5) is 28.7. The fourth-order valence-electron chi connectivity index (χ4n) is 3.74. The first-order valence-electron chi connectivity index (χ1n) is 9.20. The van der Waals surface area contributed by atoms with Gasteiger partial charge in [0.1, 0.15) is 0 Å². The molecule has 2 fully saturated rings. The van der Waals surface area contributed by atoms with Gasteiger partial charge in [-0.25, -0.2) is 0 Å². The van der Waals surface area contributed by atoms with Crippen LogP contribution >= 0.6 is 0 Å². The van der Waals surface area contributed by atoms with Gasteiger partial charge in [-0.3, -0.25) is 9.59 Å². The van der Waals surface area contributed by atoms with Crippen LogP contribution < -0.4 is 9.47 Å². The van der Waals surface area contributed by atoms with Gasteiger partial charge in [-0.15, -0.1) is 0 Å². The third kappa shape index (κ3) is 4.48. The van der Waals surface area contributed by atoms with Gasteiger partial charge in [0.25, 0.3) is 5.91 Å². The van der Waals surface area contributed by atoms with Crippen LogP contribution in [-0.2, 0) is 4.79 Å². The summed E-state index contributed by atoms with van der Waals surface area (Å²) in [5.74, 6) is 0.0887. The van der Waals surface area contributed by atoms with Crippen LogP contribution in [0.5, 0.6) is 11.5 Å². The fourth-order valence-corrected chi connectivity index (χ4v) is 3.74. The lowest BCUT2D eigenvalue weighted by molar-refractivity contribution is -0.136. The zero-order valence-electron chi connectivity index (χ0n) is 15.3. The standard InChI is InChI=1S/C19H24F2N2O4/c1-26-16-12-14(6-7-15(16)27-19(20)21)18(25)23-10-8-22(9-11-23)17(24)13-4-2-3-5-13/h6-7,12-13,19H,2-5,8-11H2,1H3. The maximum Gasteiger partial charge on any atom is 0.387 e. The summed E-state index contributed by atoms with van der Waals surface area (Å²) in [5.41, 5.74) is 0.337. The summed E-state index contributed by atoms with van der Waals surface area (Å²) in [6, 6.07) is 4.15. The first-order valence-corrected chi connectivity index (χ1v) is 9.20. The maximum atomic E-state index is 12.7. The number of carbonyl (C=O) groups is 2. The Kier molecular flexibility index (Phi) is 6.13. The van der Waals surface area contributed by atoms with Crippen LogP contribution in [0.25, 0.3) is 0 Å². The third-order valence-corrected chi connectivity index (χ3v) is 5.21. The van der Waals surface area contributed by atoms with E-state index in [4.69, 9.17) is 4.74 Å². The quantitative estimate of drug-likeness (QED) is 0.786. The minimum Gasteiger partial charge on any atom is -0.493 e. The highest BCUT2D eigenvalue weighted by Crippen LogP contribution is 2.30. The third-order valence-electron chi connectivity index (χ3n) is 5.21. The summed E-state index contributed by atoms with van der Waals surface area (Å²) >= 11 is 0. The molecule has 1 saturated carbocycles. The van der Waals surface area contributed by atoms with Crippen molar-refractivity contribution in [3.05, 3.63) is 23.8 Å². The molecule has 2 aliphatic rings. The van der Waals surface area contributed by atoms with Crippen molar-refractivity contribution in [1.29, 1.82) is 0 Å². The molecule has 6 nitrogen and oxygen atoms in total. The number of carbonyl (C=O) groups excluding carboxylic acids is 2. The molecule has 0 unspecified atom stereocenters. The normalized spacial score (nSPS) is 18.1. The molecule has 0 N–H and O–H groups in total. The summed E-state index contributed by atoms with van der Waals surface area (Å²) < 4.78 is 34.3. The lowest BCUT2D eigenvalue weighted by atomic mass is 10.1. The Morgan fingerprint density at radius 2 is 1.67 bits per heavy atom. The highest BCUT2D eigenvalue weighted by atomic mass is 19.3. The van der Waals surface area contributed by atoms with E-state index in [1.54, 1.807) is 4.90 Å². The van der Waals surface area contributed by atoms with E-state index >= 15 is 0 Å². The number of nitrogens with zero attached hydrogens (tertiary/aromatic N) is 2. The van der Waals surface area contributed by atoms with Crippen LogP contribution in [0, 0.1) is 5.92 Å². The number of methoxy groups -OCH3 is 1. The molecule has 2 amide bonds. The van der Waals surface area contributed by atoms with Gasteiger partial charge in [-0.05, 0) is 31.0 Å². The van der Waals surface area contributed by atoms with Crippen molar-refractivity contribution in [3.63, 3.8) is 0 Å². The van der Waals surface area contributed by atoms with Gasteiger partial charge in [0.05, 0.1) is 7.11 Å². The van der Waals surface area contributed by atoms with Crippen LogP contribution in [0.15, 0.2) is 18.2 Å². The average Bonchev–Trinajstić information content (AvgIpc) is 3.21. The molecule has 1 aliphatic carbocycles. The summed E-state index contributed by atoms with van der Waals surface area (Å²) in [5, 5.41) is 0. The number of piperazine rings is 1. The molecule has 148 valence electrons. The lowest BCUT2D eigenvalue weighted by Gasteiger charge is -2.36. The molecule has 3 rings (SSSR count). The van der Waals surface area contributed by atoms with Gasteiger partial charge in [0, 0.05) is 37.7 Å². The van der Waals surface area contributed by atoms with Gasteiger partial charge < -0.3 is 19.3 Å². The molecular weight excluding hydrogens is 358 g/mol. The number of rotatable bonds is 5. The van der Waals surface area contributed by atoms with E-state index in [0.717, 1.165) is 25.7 Å². The second-order valence-electron chi connectivity index (χ2n) is 6.84. The Balaban J connectivity index is 1.61. The SMILES string of the molecule is COc1cc(C(=O)N2CCN(C(=O)C3CCCC3)CC2)ccc1OC(F)F. The Hall–Kier alpha value is -2.38. The predicted octanol–water partition coefficient (Wildman–Crippen LogP) is 2.77. The minimum absolute atomic E-state index is 0.0798. The highest BCUT2D eigenvalue weighted by Gasteiger charge is 2.31. The van der Waals surface area contributed by atoms with Crippen LogP contribution in [0.2, 0.25) is 0 Å². The van der Waals surface area contributed by atoms with Crippen LogP contribution in [0.4, 0.5) is 8.78 Å². The Labute approximate surface area is 157 Å². The van der Waals surface area contributed by atoms with Gasteiger partial charge in [-0.2, -0.15) is 8.78 Å². The smallest absolute Gasteiger partial charge is 0.387 e. The molecule has 27 heavy (non-hydrogen) atoms. The number of alkyl halides is 2. The Bertz CT molecular complexity index is 684. The van der Waals surface area contributed by atoms with Crippen LogP contribution in [0.3, 0.4) is 0 Å². The van der Waals surface area contributed by atoms with Gasteiger partial charge in [0.15, 0.2) is 11.5 Å². The molecule has 1 aromatic carbocycles. The van der Waals surface area contributed by atoms with Crippen molar-refractivity contribution in [2.24, 2.45) is 5.92 Å². The predicted molar refractivity (Wildman–Crippen MR) is 94.1 cm³/mol. The number of benzene rings is 1. The second kappa shape index (κ2) is 8.54. The number of hydrogen-bond acceptors (Lipinski definition) is 4. The minimum atomic E-state index is -2.97. The average molecular weight is 382 g/mol. The molecule has 8 heteroatoms. The molecule has 0 bridgehead atoms. The van der Waals surface area contributed by atoms with E-state index < -0.39 is 6.61 Å². The summed E-state index contributed by atoms with van der Waals surface area (Å²) in [7, 11) is 1.33. The number of hydrogen-bond donors (Lipinski definition) is 0.